The topological polar surface area (TPSA) is 58.1 Å². The number of amides is 2. The Hall–Kier alpha value is -0.820. The van der Waals surface area contributed by atoms with Crippen LogP contribution in [0.1, 0.15) is 0 Å². The van der Waals surface area contributed by atoms with Gasteiger partial charge in [-0.25, -0.2) is 4.79 Å². The highest BCUT2D eigenvalue weighted by Gasteiger charge is 2.13. The summed E-state index contributed by atoms with van der Waals surface area (Å²) in [6.07, 6.45) is 1.92. The molecule has 1 N–H and O–H groups in total. The van der Waals surface area contributed by atoms with E-state index in [4.69, 9.17) is 0 Å². The van der Waals surface area contributed by atoms with E-state index in [2.05, 4.69) is 15.5 Å². The van der Waals surface area contributed by atoms with Gasteiger partial charge < -0.3 is 5.32 Å². The van der Waals surface area contributed by atoms with E-state index in [1.165, 1.54) is 28.0 Å². The molecule has 5 nitrogen and oxygen atoms in total. The lowest BCUT2D eigenvalue weighted by atomic mass is 10.8. The minimum atomic E-state index is -0.191. The van der Waals surface area contributed by atoms with Crippen molar-refractivity contribution in [1.29, 1.82) is 0 Å². The summed E-state index contributed by atoms with van der Waals surface area (Å²) in [5.41, 5.74) is 0. The van der Waals surface area contributed by atoms with Gasteiger partial charge in [-0.3, -0.25) is 4.90 Å². The number of rotatable bonds is 2. The van der Waals surface area contributed by atoms with Crippen molar-refractivity contribution in [3.63, 3.8) is 0 Å². The molecule has 0 saturated heterocycles. The second kappa shape index (κ2) is 4.43. The molecule has 0 unspecified atom stereocenters. The molecule has 0 saturated carbocycles. The Morgan fingerprint density at radius 1 is 1.62 bits per heavy atom. The van der Waals surface area contributed by atoms with E-state index in [-0.39, 0.29) is 6.03 Å². The summed E-state index contributed by atoms with van der Waals surface area (Å²) >= 11 is 2.90. The molecule has 0 fully saturated rings. The molecule has 0 aliphatic heterocycles. The van der Waals surface area contributed by atoms with Gasteiger partial charge in [0.05, 0.1) is 0 Å². The predicted molar refractivity (Wildman–Crippen MR) is 54.5 cm³/mol. The molecule has 1 rings (SSSR count). The molecular formula is C6H10N4OS2. The van der Waals surface area contributed by atoms with Crippen molar-refractivity contribution < 1.29 is 4.79 Å². The second-order valence-electron chi connectivity index (χ2n) is 2.17. The molecule has 0 spiro atoms. The molecule has 13 heavy (non-hydrogen) atoms. The van der Waals surface area contributed by atoms with Crippen LogP contribution < -0.4 is 10.2 Å². The van der Waals surface area contributed by atoms with Crippen molar-refractivity contribution in [3.05, 3.63) is 0 Å². The van der Waals surface area contributed by atoms with Gasteiger partial charge in [0.1, 0.15) is 0 Å². The largest absolute Gasteiger partial charge is 0.341 e. The normalized spacial score (nSPS) is 9.77. The number of carbonyl (C=O) groups excluding carboxylic acids is 1. The summed E-state index contributed by atoms with van der Waals surface area (Å²) in [6, 6.07) is -0.191. The van der Waals surface area contributed by atoms with Crippen molar-refractivity contribution in [2.24, 2.45) is 0 Å². The number of thioether (sulfide) groups is 1. The fourth-order valence-electron chi connectivity index (χ4n) is 0.675. The van der Waals surface area contributed by atoms with Crippen LogP contribution in [0.25, 0.3) is 0 Å². The van der Waals surface area contributed by atoms with Crippen LogP contribution in [0.5, 0.6) is 0 Å². The third-order valence-corrected chi connectivity index (χ3v) is 3.35. The number of urea groups is 1. The Balaban J connectivity index is 2.76. The minimum absolute atomic E-state index is 0.191. The average molecular weight is 218 g/mol. The molecule has 0 aliphatic rings. The first-order valence-electron chi connectivity index (χ1n) is 3.52. The fourth-order valence-corrected chi connectivity index (χ4v) is 1.89. The summed E-state index contributed by atoms with van der Waals surface area (Å²) in [7, 11) is 3.23. The lowest BCUT2D eigenvalue weighted by Crippen LogP contribution is -2.34. The third kappa shape index (κ3) is 2.31. The van der Waals surface area contributed by atoms with Crippen LogP contribution in [0.15, 0.2) is 4.34 Å². The quantitative estimate of drug-likeness (QED) is 0.595. The molecule has 2 amide bonds. The fraction of sp³-hybridized carbons (Fsp3) is 0.500. The molecule has 0 radical (unpaired) electrons. The molecule has 72 valence electrons. The zero-order valence-corrected chi connectivity index (χ0v) is 9.20. The lowest BCUT2D eigenvalue weighted by Gasteiger charge is -2.10. The number of aromatic nitrogens is 2. The Morgan fingerprint density at radius 2 is 2.31 bits per heavy atom. The maximum Gasteiger partial charge on any atom is 0.323 e. The third-order valence-electron chi connectivity index (χ3n) is 1.38. The van der Waals surface area contributed by atoms with Gasteiger partial charge >= 0.3 is 6.03 Å². The van der Waals surface area contributed by atoms with E-state index in [1.807, 2.05) is 6.26 Å². The summed E-state index contributed by atoms with van der Waals surface area (Å²) in [5.74, 6) is 0. The first-order valence-corrected chi connectivity index (χ1v) is 5.56. The molecule has 0 bridgehead atoms. The van der Waals surface area contributed by atoms with Crippen molar-refractivity contribution in [2.75, 3.05) is 25.3 Å². The maximum absolute atomic E-state index is 11.2. The number of hydrogen-bond donors (Lipinski definition) is 1. The summed E-state index contributed by atoms with van der Waals surface area (Å²) in [5, 5.41) is 10.9. The van der Waals surface area contributed by atoms with Crippen LogP contribution in [0.3, 0.4) is 0 Å². The van der Waals surface area contributed by atoms with Crippen molar-refractivity contribution in [3.8, 4) is 0 Å². The van der Waals surface area contributed by atoms with Crippen LogP contribution in [0.2, 0.25) is 0 Å². The zero-order chi connectivity index (χ0) is 9.84. The first-order chi connectivity index (χ1) is 6.19. The number of carbonyl (C=O) groups is 1. The monoisotopic (exact) mass is 218 g/mol. The predicted octanol–water partition coefficient (Wildman–Crippen LogP) is 1.04. The van der Waals surface area contributed by atoms with Crippen molar-refractivity contribution in [2.45, 2.75) is 4.34 Å². The summed E-state index contributed by atoms with van der Waals surface area (Å²) in [4.78, 5) is 12.6. The van der Waals surface area contributed by atoms with Crippen LogP contribution in [-0.2, 0) is 0 Å². The van der Waals surface area contributed by atoms with E-state index in [0.717, 1.165) is 4.34 Å². The highest BCUT2D eigenvalue weighted by molar-refractivity contribution is 8.00. The Morgan fingerprint density at radius 3 is 2.77 bits per heavy atom. The van der Waals surface area contributed by atoms with Gasteiger partial charge in [-0.1, -0.05) is 23.1 Å². The van der Waals surface area contributed by atoms with E-state index in [1.54, 1.807) is 14.1 Å². The molecule has 0 aliphatic carbocycles. The van der Waals surface area contributed by atoms with Crippen LogP contribution >= 0.6 is 23.1 Å². The molecule has 0 atom stereocenters. The maximum atomic E-state index is 11.2. The van der Waals surface area contributed by atoms with Gasteiger partial charge in [-0.05, 0) is 6.26 Å². The van der Waals surface area contributed by atoms with Gasteiger partial charge in [0.25, 0.3) is 0 Å². The smallest absolute Gasteiger partial charge is 0.323 e. The van der Waals surface area contributed by atoms with E-state index in [9.17, 15) is 4.79 Å². The molecule has 1 aromatic heterocycles. The Labute approximate surface area is 84.5 Å². The van der Waals surface area contributed by atoms with Gasteiger partial charge in [-0.15, -0.1) is 10.2 Å². The van der Waals surface area contributed by atoms with E-state index >= 15 is 0 Å². The van der Waals surface area contributed by atoms with E-state index < -0.39 is 0 Å². The van der Waals surface area contributed by atoms with Crippen LogP contribution in [-0.4, -0.2) is 36.6 Å². The van der Waals surface area contributed by atoms with Crippen LogP contribution in [0.4, 0.5) is 9.93 Å². The lowest BCUT2D eigenvalue weighted by molar-refractivity contribution is 0.249. The van der Waals surface area contributed by atoms with Crippen molar-refractivity contribution >= 4 is 34.3 Å². The molecule has 1 aromatic rings. The number of anilines is 1. The number of hydrogen-bond acceptors (Lipinski definition) is 5. The van der Waals surface area contributed by atoms with Gasteiger partial charge in [-0.2, -0.15) is 0 Å². The molecule has 0 aromatic carbocycles. The first kappa shape index (κ1) is 10.3. The van der Waals surface area contributed by atoms with Crippen molar-refractivity contribution in [1.82, 2.24) is 15.5 Å². The Kier molecular flexibility index (Phi) is 3.49. The number of nitrogens with one attached hydrogen (secondary N) is 1. The number of nitrogens with zero attached hydrogens (tertiary/aromatic N) is 3. The highest BCUT2D eigenvalue weighted by Crippen LogP contribution is 2.25. The minimum Gasteiger partial charge on any atom is -0.341 e. The molecule has 1 heterocycles. The van der Waals surface area contributed by atoms with Gasteiger partial charge in [0.15, 0.2) is 4.34 Å². The zero-order valence-electron chi connectivity index (χ0n) is 7.57. The Bertz CT molecular complexity index is 301. The average Bonchev–Trinajstić information content (AvgIpc) is 2.63. The SMILES string of the molecule is CNC(=O)N(C)c1nnc(SC)s1. The molecular weight excluding hydrogens is 208 g/mol. The van der Waals surface area contributed by atoms with Crippen LogP contribution in [0, 0.1) is 0 Å². The van der Waals surface area contributed by atoms with E-state index in [0.29, 0.717) is 5.13 Å². The highest BCUT2D eigenvalue weighted by atomic mass is 32.2. The summed E-state index contributed by atoms with van der Waals surface area (Å²) in [6.45, 7) is 0. The second-order valence-corrected chi connectivity index (χ2v) is 4.18. The van der Waals surface area contributed by atoms with Gasteiger partial charge in [0, 0.05) is 14.1 Å². The summed E-state index contributed by atoms with van der Waals surface area (Å²) < 4.78 is 0.853. The van der Waals surface area contributed by atoms with Gasteiger partial charge in [0.2, 0.25) is 5.13 Å². The standard InChI is InChI=1S/C6H10N4OS2/c1-7-4(11)10(2)5-8-9-6(12-3)13-5/h1-3H3,(H,7,11). The molecule has 7 heteroatoms.